The largest absolute Gasteiger partial charge is 0.261 e. The van der Waals surface area contributed by atoms with Gasteiger partial charge >= 0.3 is 0 Å². The standard InChI is InChI=1S/C12H11N.C11H17N/c1-2-6-11(7-3-1)10-12-8-4-5-9-13-12;1-4-9-7-8-12-11(6-3)10(9)5-2/h1-9H,10H2;7-8H,4-6H2,1-3H3. The van der Waals surface area contributed by atoms with Gasteiger partial charge in [-0.15, -0.1) is 0 Å². The van der Waals surface area contributed by atoms with Crippen molar-refractivity contribution in [3.05, 3.63) is 95.1 Å². The van der Waals surface area contributed by atoms with Crippen LogP contribution in [0.3, 0.4) is 0 Å². The van der Waals surface area contributed by atoms with Gasteiger partial charge in [-0.05, 0) is 54.2 Å². The van der Waals surface area contributed by atoms with E-state index in [1.807, 2.05) is 36.7 Å². The first kappa shape index (κ1) is 18.9. The number of hydrogen-bond donors (Lipinski definition) is 0. The highest BCUT2D eigenvalue weighted by Crippen LogP contribution is 2.14. The Labute approximate surface area is 152 Å². The molecule has 2 heteroatoms. The molecule has 0 saturated heterocycles. The molecule has 2 aromatic heterocycles. The van der Waals surface area contributed by atoms with Crippen LogP contribution in [0.4, 0.5) is 0 Å². The fourth-order valence-corrected chi connectivity index (χ4v) is 2.96. The Morgan fingerprint density at radius 2 is 1.44 bits per heavy atom. The molecule has 3 rings (SSSR count). The van der Waals surface area contributed by atoms with Gasteiger partial charge < -0.3 is 0 Å². The molecule has 0 N–H and O–H groups in total. The molecule has 0 bridgehead atoms. The molecule has 0 unspecified atom stereocenters. The van der Waals surface area contributed by atoms with Gasteiger partial charge in [-0.25, -0.2) is 0 Å². The Morgan fingerprint density at radius 1 is 0.680 bits per heavy atom. The number of benzene rings is 1. The Kier molecular flexibility index (Phi) is 7.84. The van der Waals surface area contributed by atoms with Crippen LogP contribution in [0.5, 0.6) is 0 Å². The number of hydrogen-bond acceptors (Lipinski definition) is 2. The first-order chi connectivity index (χ1) is 12.3. The fourth-order valence-electron chi connectivity index (χ4n) is 2.96. The van der Waals surface area contributed by atoms with E-state index in [0.717, 1.165) is 31.4 Å². The van der Waals surface area contributed by atoms with E-state index in [-0.39, 0.29) is 0 Å². The quantitative estimate of drug-likeness (QED) is 0.621. The number of rotatable bonds is 5. The minimum absolute atomic E-state index is 0.918. The number of nitrogens with zero attached hydrogens (tertiary/aromatic N) is 2. The van der Waals surface area contributed by atoms with Crippen LogP contribution in [0, 0.1) is 0 Å². The topological polar surface area (TPSA) is 25.8 Å². The lowest BCUT2D eigenvalue weighted by Crippen LogP contribution is -1.99. The monoisotopic (exact) mass is 332 g/mol. The van der Waals surface area contributed by atoms with Crippen molar-refractivity contribution < 1.29 is 0 Å². The number of aryl methyl sites for hydroxylation is 2. The third-order valence-corrected chi connectivity index (χ3v) is 4.27. The van der Waals surface area contributed by atoms with E-state index in [1.165, 1.54) is 22.4 Å². The molecule has 0 aliphatic rings. The van der Waals surface area contributed by atoms with Crippen molar-refractivity contribution in [2.24, 2.45) is 0 Å². The summed E-state index contributed by atoms with van der Waals surface area (Å²) in [6.45, 7) is 6.57. The van der Waals surface area contributed by atoms with Crippen LogP contribution < -0.4 is 0 Å². The molecular weight excluding hydrogens is 304 g/mol. The average Bonchev–Trinajstić information content (AvgIpc) is 2.69. The van der Waals surface area contributed by atoms with Crippen molar-refractivity contribution in [2.75, 3.05) is 0 Å². The molecule has 1 aromatic carbocycles. The van der Waals surface area contributed by atoms with Crippen LogP contribution in [0.2, 0.25) is 0 Å². The highest BCUT2D eigenvalue weighted by molar-refractivity contribution is 5.30. The second kappa shape index (κ2) is 10.4. The maximum Gasteiger partial charge on any atom is 0.0447 e. The third kappa shape index (κ3) is 5.82. The fraction of sp³-hybridized carbons (Fsp3) is 0.304. The van der Waals surface area contributed by atoms with E-state index in [4.69, 9.17) is 0 Å². The highest BCUT2D eigenvalue weighted by Gasteiger charge is 2.03. The zero-order valence-electron chi connectivity index (χ0n) is 15.6. The van der Waals surface area contributed by atoms with Gasteiger partial charge in [-0.3, -0.25) is 9.97 Å². The predicted octanol–water partition coefficient (Wildman–Crippen LogP) is 5.44. The van der Waals surface area contributed by atoms with Crippen molar-refractivity contribution in [3.63, 3.8) is 0 Å². The second-order valence-electron chi connectivity index (χ2n) is 5.94. The average molecular weight is 332 g/mol. The molecule has 2 heterocycles. The normalized spacial score (nSPS) is 10.0. The van der Waals surface area contributed by atoms with Gasteiger partial charge in [0.1, 0.15) is 0 Å². The van der Waals surface area contributed by atoms with Crippen LogP contribution in [0.15, 0.2) is 67.0 Å². The SMILES string of the molecule is CCc1ccnc(CC)c1CC.c1ccc(Cc2ccccn2)cc1. The first-order valence-corrected chi connectivity index (χ1v) is 9.17. The molecular formula is C23H28N2. The van der Waals surface area contributed by atoms with E-state index in [1.54, 1.807) is 0 Å². The van der Waals surface area contributed by atoms with Gasteiger partial charge in [0.25, 0.3) is 0 Å². The summed E-state index contributed by atoms with van der Waals surface area (Å²) in [5, 5.41) is 0. The van der Waals surface area contributed by atoms with Crippen molar-refractivity contribution in [1.82, 2.24) is 9.97 Å². The smallest absolute Gasteiger partial charge is 0.0447 e. The molecule has 0 aliphatic carbocycles. The summed E-state index contributed by atoms with van der Waals surface area (Å²) >= 11 is 0. The molecule has 25 heavy (non-hydrogen) atoms. The van der Waals surface area contributed by atoms with Crippen LogP contribution in [0.1, 0.15) is 48.8 Å². The molecule has 130 valence electrons. The van der Waals surface area contributed by atoms with Gasteiger partial charge in [0.15, 0.2) is 0 Å². The summed E-state index contributed by atoms with van der Waals surface area (Å²) in [6.07, 6.45) is 7.96. The molecule has 0 fully saturated rings. The molecule has 0 radical (unpaired) electrons. The van der Waals surface area contributed by atoms with Crippen molar-refractivity contribution in [3.8, 4) is 0 Å². The van der Waals surface area contributed by atoms with Crippen molar-refractivity contribution in [1.29, 1.82) is 0 Å². The third-order valence-electron chi connectivity index (χ3n) is 4.27. The lowest BCUT2D eigenvalue weighted by molar-refractivity contribution is 0.926. The summed E-state index contributed by atoms with van der Waals surface area (Å²) in [7, 11) is 0. The molecule has 0 spiro atoms. The minimum Gasteiger partial charge on any atom is -0.261 e. The Morgan fingerprint density at radius 3 is 2.04 bits per heavy atom. The van der Waals surface area contributed by atoms with Crippen LogP contribution in [-0.2, 0) is 25.7 Å². The van der Waals surface area contributed by atoms with Crippen molar-refractivity contribution >= 4 is 0 Å². The van der Waals surface area contributed by atoms with E-state index >= 15 is 0 Å². The zero-order valence-corrected chi connectivity index (χ0v) is 15.6. The van der Waals surface area contributed by atoms with E-state index in [0.29, 0.717) is 0 Å². The van der Waals surface area contributed by atoms with Gasteiger partial charge in [-0.2, -0.15) is 0 Å². The molecule has 0 amide bonds. The Hall–Kier alpha value is -2.48. The minimum atomic E-state index is 0.918. The van der Waals surface area contributed by atoms with Crippen LogP contribution >= 0.6 is 0 Å². The van der Waals surface area contributed by atoms with Crippen LogP contribution in [-0.4, -0.2) is 9.97 Å². The van der Waals surface area contributed by atoms with Crippen molar-refractivity contribution in [2.45, 2.75) is 46.5 Å². The maximum atomic E-state index is 4.38. The molecule has 0 saturated carbocycles. The van der Waals surface area contributed by atoms with Gasteiger partial charge in [0.2, 0.25) is 0 Å². The van der Waals surface area contributed by atoms with E-state index < -0.39 is 0 Å². The molecule has 3 aromatic rings. The second-order valence-corrected chi connectivity index (χ2v) is 5.94. The number of pyridine rings is 2. The van der Waals surface area contributed by atoms with E-state index in [9.17, 15) is 0 Å². The summed E-state index contributed by atoms with van der Waals surface area (Å²) in [4.78, 5) is 8.65. The molecule has 0 atom stereocenters. The summed E-state index contributed by atoms with van der Waals surface area (Å²) < 4.78 is 0. The van der Waals surface area contributed by atoms with Crippen LogP contribution in [0.25, 0.3) is 0 Å². The molecule has 0 aliphatic heterocycles. The first-order valence-electron chi connectivity index (χ1n) is 9.17. The zero-order chi connectivity index (χ0) is 17.9. The number of aromatic nitrogens is 2. The summed E-state index contributed by atoms with van der Waals surface area (Å²) in [5.74, 6) is 0. The van der Waals surface area contributed by atoms with Gasteiger partial charge in [-0.1, -0.05) is 57.2 Å². The highest BCUT2D eigenvalue weighted by atomic mass is 14.7. The maximum absolute atomic E-state index is 4.38. The van der Waals surface area contributed by atoms with Gasteiger partial charge in [0.05, 0.1) is 0 Å². The predicted molar refractivity (Wildman–Crippen MR) is 106 cm³/mol. The van der Waals surface area contributed by atoms with E-state index in [2.05, 4.69) is 61.1 Å². The van der Waals surface area contributed by atoms with Gasteiger partial charge in [0, 0.05) is 30.2 Å². The molecule has 2 nitrogen and oxygen atoms in total. The Bertz CT molecular complexity index is 677. The summed E-state index contributed by atoms with van der Waals surface area (Å²) in [6, 6.07) is 18.5. The summed E-state index contributed by atoms with van der Waals surface area (Å²) in [5.41, 5.74) is 6.62. The Balaban J connectivity index is 0.000000181. The lowest BCUT2D eigenvalue weighted by Gasteiger charge is -2.08. The lowest BCUT2D eigenvalue weighted by atomic mass is 10.0.